The second-order valence-electron chi connectivity index (χ2n) is 5.35. The summed E-state index contributed by atoms with van der Waals surface area (Å²) >= 11 is 0. The van der Waals surface area contributed by atoms with Crippen molar-refractivity contribution >= 4 is 5.69 Å². The number of anilines is 1. The lowest BCUT2D eigenvalue weighted by Gasteiger charge is -2.37. The summed E-state index contributed by atoms with van der Waals surface area (Å²) in [6, 6.07) is 12.1. The van der Waals surface area contributed by atoms with Crippen molar-refractivity contribution in [1.29, 1.82) is 0 Å². The molecule has 0 saturated heterocycles. The van der Waals surface area contributed by atoms with Gasteiger partial charge in [0.2, 0.25) is 0 Å². The van der Waals surface area contributed by atoms with Crippen molar-refractivity contribution in [1.82, 2.24) is 0 Å². The number of rotatable bonds is 3. The average molecular weight is 288 g/mol. The second-order valence-corrected chi connectivity index (χ2v) is 5.35. The number of aryl methyl sites for hydroxylation is 1. The van der Waals surface area contributed by atoms with E-state index in [1.165, 1.54) is 17.7 Å². The molecule has 1 aliphatic heterocycles. The average Bonchev–Trinajstić information content (AvgIpc) is 2.52. The first-order valence-electron chi connectivity index (χ1n) is 7.20. The van der Waals surface area contributed by atoms with Gasteiger partial charge in [0.05, 0.1) is 6.04 Å². The fourth-order valence-electron chi connectivity index (χ4n) is 3.05. The Labute approximate surface area is 123 Å². The first-order valence-corrected chi connectivity index (χ1v) is 7.20. The molecule has 1 aliphatic rings. The van der Waals surface area contributed by atoms with Gasteiger partial charge in [0.15, 0.2) is 11.6 Å². The number of nitrogens with two attached hydrogens (primary N) is 1. The number of hydrogen-bond acceptors (Lipinski definition) is 2. The molecule has 2 N–H and O–H groups in total. The van der Waals surface area contributed by atoms with E-state index in [4.69, 9.17) is 5.73 Å². The summed E-state index contributed by atoms with van der Waals surface area (Å²) < 4.78 is 26.6. The highest BCUT2D eigenvalue weighted by molar-refractivity contribution is 5.57. The topological polar surface area (TPSA) is 29.3 Å². The van der Waals surface area contributed by atoms with Gasteiger partial charge in [-0.15, -0.1) is 0 Å². The highest BCUT2D eigenvalue weighted by atomic mass is 19.2. The van der Waals surface area contributed by atoms with Gasteiger partial charge in [-0.2, -0.15) is 0 Å². The Hall–Kier alpha value is -1.94. The molecule has 0 aliphatic carbocycles. The monoisotopic (exact) mass is 288 g/mol. The van der Waals surface area contributed by atoms with Crippen LogP contribution in [0.15, 0.2) is 42.5 Å². The molecule has 0 spiro atoms. The predicted octanol–water partition coefficient (Wildman–Crippen LogP) is 3.42. The summed E-state index contributed by atoms with van der Waals surface area (Å²) in [5.74, 6) is -1.65. The van der Waals surface area contributed by atoms with Crippen molar-refractivity contribution in [2.45, 2.75) is 18.9 Å². The number of nitrogens with zero attached hydrogens (tertiary/aromatic N) is 1. The Morgan fingerprint density at radius 1 is 1.10 bits per heavy atom. The third kappa shape index (κ3) is 2.63. The van der Waals surface area contributed by atoms with Gasteiger partial charge in [0.1, 0.15) is 0 Å². The minimum absolute atomic E-state index is 0.137. The quantitative estimate of drug-likeness (QED) is 0.937. The van der Waals surface area contributed by atoms with Crippen molar-refractivity contribution < 1.29 is 8.78 Å². The van der Waals surface area contributed by atoms with Crippen molar-refractivity contribution in [3.8, 4) is 0 Å². The summed E-state index contributed by atoms with van der Waals surface area (Å²) in [5.41, 5.74) is 9.06. The van der Waals surface area contributed by atoms with E-state index in [9.17, 15) is 8.78 Å². The van der Waals surface area contributed by atoms with Crippen LogP contribution in [0.25, 0.3) is 0 Å². The summed E-state index contributed by atoms with van der Waals surface area (Å²) in [5, 5.41) is 0. The van der Waals surface area contributed by atoms with Crippen LogP contribution in [-0.2, 0) is 6.42 Å². The maximum absolute atomic E-state index is 13.5. The number of para-hydroxylation sites is 1. The molecule has 110 valence electrons. The molecule has 0 bridgehead atoms. The van der Waals surface area contributed by atoms with Crippen LogP contribution in [0, 0.1) is 11.6 Å². The zero-order chi connectivity index (χ0) is 14.8. The predicted molar refractivity (Wildman–Crippen MR) is 80.3 cm³/mol. The number of fused-ring (bicyclic) bond motifs is 1. The smallest absolute Gasteiger partial charge is 0.159 e. The summed E-state index contributed by atoms with van der Waals surface area (Å²) in [6.45, 7) is 1.23. The largest absolute Gasteiger partial charge is 0.363 e. The van der Waals surface area contributed by atoms with Gasteiger partial charge in [0, 0.05) is 18.8 Å². The Bertz CT molecular complexity index is 642. The molecule has 1 heterocycles. The molecule has 4 heteroatoms. The second kappa shape index (κ2) is 5.82. The molecule has 1 atom stereocenters. The van der Waals surface area contributed by atoms with E-state index in [0.29, 0.717) is 12.1 Å². The highest BCUT2D eigenvalue weighted by Crippen LogP contribution is 2.33. The fraction of sp³-hybridized carbons (Fsp3) is 0.294. The molecular weight excluding hydrogens is 270 g/mol. The van der Waals surface area contributed by atoms with E-state index in [0.717, 1.165) is 25.1 Å². The van der Waals surface area contributed by atoms with Crippen molar-refractivity contribution in [2.24, 2.45) is 5.73 Å². The first kappa shape index (κ1) is 14.0. The third-order valence-corrected chi connectivity index (χ3v) is 4.07. The standard InChI is InChI=1S/C17H18F2N2/c18-14-8-7-13(10-15(14)19)17(11-20)21-9-3-5-12-4-1-2-6-16(12)21/h1-2,4,6-8,10,17H,3,5,9,11,20H2. The Balaban J connectivity index is 1.99. The van der Waals surface area contributed by atoms with Crippen LogP contribution in [0.4, 0.5) is 14.5 Å². The normalized spacial score (nSPS) is 15.7. The lowest BCUT2D eigenvalue weighted by atomic mass is 9.97. The lowest BCUT2D eigenvalue weighted by Crippen LogP contribution is -2.37. The van der Waals surface area contributed by atoms with Gasteiger partial charge in [-0.25, -0.2) is 8.78 Å². The van der Waals surface area contributed by atoms with E-state index < -0.39 is 11.6 Å². The van der Waals surface area contributed by atoms with Crippen LogP contribution in [0.5, 0.6) is 0 Å². The summed E-state index contributed by atoms with van der Waals surface area (Å²) in [7, 11) is 0. The maximum Gasteiger partial charge on any atom is 0.159 e. The zero-order valence-corrected chi connectivity index (χ0v) is 11.7. The van der Waals surface area contributed by atoms with Gasteiger partial charge >= 0.3 is 0 Å². The fourth-order valence-corrected chi connectivity index (χ4v) is 3.05. The Morgan fingerprint density at radius 2 is 1.90 bits per heavy atom. The van der Waals surface area contributed by atoms with E-state index in [1.807, 2.05) is 12.1 Å². The van der Waals surface area contributed by atoms with Crippen LogP contribution in [0.1, 0.15) is 23.6 Å². The molecule has 2 aromatic carbocycles. The Morgan fingerprint density at radius 3 is 2.67 bits per heavy atom. The minimum atomic E-state index is -0.825. The van der Waals surface area contributed by atoms with Crippen LogP contribution in [0.2, 0.25) is 0 Å². The zero-order valence-electron chi connectivity index (χ0n) is 11.7. The number of halogens is 2. The molecule has 3 rings (SSSR count). The van der Waals surface area contributed by atoms with Crippen LogP contribution in [0.3, 0.4) is 0 Å². The maximum atomic E-state index is 13.5. The first-order chi connectivity index (χ1) is 10.2. The SMILES string of the molecule is NCC(c1ccc(F)c(F)c1)N1CCCc2ccccc21. The van der Waals surface area contributed by atoms with E-state index in [-0.39, 0.29) is 6.04 Å². The number of benzene rings is 2. The molecule has 0 fully saturated rings. The molecule has 2 nitrogen and oxygen atoms in total. The van der Waals surface area contributed by atoms with Gasteiger partial charge in [-0.1, -0.05) is 24.3 Å². The summed E-state index contributed by atoms with van der Waals surface area (Å²) in [4.78, 5) is 2.20. The van der Waals surface area contributed by atoms with Gasteiger partial charge < -0.3 is 10.6 Å². The molecule has 2 aromatic rings. The van der Waals surface area contributed by atoms with Crippen LogP contribution in [-0.4, -0.2) is 13.1 Å². The van der Waals surface area contributed by atoms with E-state index in [1.54, 1.807) is 6.07 Å². The third-order valence-electron chi connectivity index (χ3n) is 4.07. The van der Waals surface area contributed by atoms with Gasteiger partial charge in [-0.05, 0) is 42.2 Å². The van der Waals surface area contributed by atoms with Crippen molar-refractivity contribution in [3.05, 3.63) is 65.2 Å². The van der Waals surface area contributed by atoms with Crippen LogP contribution < -0.4 is 10.6 Å². The highest BCUT2D eigenvalue weighted by Gasteiger charge is 2.24. The minimum Gasteiger partial charge on any atom is -0.363 e. The molecule has 0 saturated carbocycles. The van der Waals surface area contributed by atoms with Gasteiger partial charge in [-0.3, -0.25) is 0 Å². The molecule has 0 aromatic heterocycles. The van der Waals surface area contributed by atoms with Gasteiger partial charge in [0.25, 0.3) is 0 Å². The van der Waals surface area contributed by atoms with E-state index >= 15 is 0 Å². The van der Waals surface area contributed by atoms with Crippen molar-refractivity contribution in [2.75, 3.05) is 18.0 Å². The lowest BCUT2D eigenvalue weighted by molar-refractivity contribution is 0.502. The molecule has 0 radical (unpaired) electrons. The summed E-state index contributed by atoms with van der Waals surface area (Å²) in [6.07, 6.45) is 2.08. The van der Waals surface area contributed by atoms with E-state index in [2.05, 4.69) is 17.0 Å². The van der Waals surface area contributed by atoms with Crippen molar-refractivity contribution in [3.63, 3.8) is 0 Å². The molecule has 0 amide bonds. The molecular formula is C17H18F2N2. The molecule has 21 heavy (non-hydrogen) atoms. The Kier molecular flexibility index (Phi) is 3.88. The number of hydrogen-bond donors (Lipinski definition) is 1. The van der Waals surface area contributed by atoms with Crippen LogP contribution >= 0.6 is 0 Å². The molecule has 1 unspecified atom stereocenters.